The van der Waals surface area contributed by atoms with Crippen molar-refractivity contribution in [3.63, 3.8) is 0 Å². The maximum atomic E-state index is 13.2. The molecule has 1 saturated heterocycles. The highest BCUT2D eigenvalue weighted by Crippen LogP contribution is 2.48. The van der Waals surface area contributed by atoms with Crippen LogP contribution in [0.3, 0.4) is 0 Å². The van der Waals surface area contributed by atoms with Gasteiger partial charge in [-0.3, -0.25) is 9.59 Å². The van der Waals surface area contributed by atoms with E-state index in [0.29, 0.717) is 18.8 Å². The average Bonchev–Trinajstić information content (AvgIpc) is 3.53. The Morgan fingerprint density at radius 2 is 1.72 bits per heavy atom. The second kappa shape index (κ2) is 8.02. The van der Waals surface area contributed by atoms with Gasteiger partial charge >= 0.3 is 0 Å². The van der Waals surface area contributed by atoms with Crippen LogP contribution in [0.4, 0.5) is 5.69 Å². The van der Waals surface area contributed by atoms with Crippen molar-refractivity contribution in [2.45, 2.75) is 46.0 Å². The fraction of sp³-hybridized carbons (Fsp3) is 0.440. The monoisotopic (exact) mass is 390 g/mol. The molecule has 1 N–H and O–H groups in total. The highest BCUT2D eigenvalue weighted by molar-refractivity contribution is 6.13. The molecule has 1 aliphatic carbocycles. The minimum Gasteiger partial charge on any atom is -0.342 e. The van der Waals surface area contributed by atoms with Crippen molar-refractivity contribution in [3.05, 3.63) is 65.2 Å². The van der Waals surface area contributed by atoms with Crippen LogP contribution in [0.1, 0.15) is 42.4 Å². The molecule has 2 amide bonds. The van der Waals surface area contributed by atoms with Gasteiger partial charge in [-0.1, -0.05) is 48.0 Å². The van der Waals surface area contributed by atoms with Crippen LogP contribution < -0.4 is 5.32 Å². The van der Waals surface area contributed by atoms with E-state index in [2.05, 4.69) is 35.6 Å². The van der Waals surface area contributed by atoms with Gasteiger partial charge < -0.3 is 10.2 Å². The Morgan fingerprint density at radius 1 is 1.03 bits per heavy atom. The van der Waals surface area contributed by atoms with Crippen LogP contribution >= 0.6 is 0 Å². The summed E-state index contributed by atoms with van der Waals surface area (Å²) in [5, 5.41) is 3.02. The Kier molecular flexibility index (Phi) is 5.44. The summed E-state index contributed by atoms with van der Waals surface area (Å²) in [6.45, 7) is 5.54. The third-order valence-corrected chi connectivity index (χ3v) is 6.49. The second-order valence-corrected chi connectivity index (χ2v) is 8.78. The van der Waals surface area contributed by atoms with Crippen LogP contribution in [-0.4, -0.2) is 29.8 Å². The van der Waals surface area contributed by atoms with Gasteiger partial charge in [0.2, 0.25) is 11.8 Å². The third kappa shape index (κ3) is 4.21. The van der Waals surface area contributed by atoms with Crippen LogP contribution in [0.5, 0.6) is 0 Å². The molecule has 1 aliphatic heterocycles. The summed E-state index contributed by atoms with van der Waals surface area (Å²) in [5.74, 6) is 0.499. The van der Waals surface area contributed by atoms with Gasteiger partial charge in [-0.05, 0) is 69.1 Å². The van der Waals surface area contributed by atoms with Crippen LogP contribution in [0.2, 0.25) is 0 Å². The predicted octanol–water partition coefficient (Wildman–Crippen LogP) is 4.50. The normalized spacial score (nSPS) is 18.3. The second-order valence-electron chi connectivity index (χ2n) is 8.78. The van der Waals surface area contributed by atoms with Crippen molar-refractivity contribution in [2.24, 2.45) is 11.3 Å². The number of piperidine rings is 1. The summed E-state index contributed by atoms with van der Waals surface area (Å²) in [7, 11) is 0. The molecule has 4 heteroatoms. The number of aryl methyl sites for hydroxylation is 2. The molecule has 0 bridgehead atoms. The van der Waals surface area contributed by atoms with Gasteiger partial charge in [-0.2, -0.15) is 0 Å². The van der Waals surface area contributed by atoms with Gasteiger partial charge in [0.15, 0.2) is 0 Å². The molecule has 0 spiro atoms. The van der Waals surface area contributed by atoms with Gasteiger partial charge in [-0.15, -0.1) is 0 Å². The first-order chi connectivity index (χ1) is 14.0. The van der Waals surface area contributed by atoms with Crippen molar-refractivity contribution in [1.29, 1.82) is 0 Å². The largest absolute Gasteiger partial charge is 0.342 e. The molecule has 1 saturated carbocycles. The molecule has 4 nitrogen and oxygen atoms in total. The van der Waals surface area contributed by atoms with Crippen molar-refractivity contribution >= 4 is 17.5 Å². The molecule has 0 aromatic heterocycles. The minimum absolute atomic E-state index is 0.0259. The van der Waals surface area contributed by atoms with Crippen molar-refractivity contribution in [3.8, 4) is 0 Å². The smallest absolute Gasteiger partial charge is 0.240 e. The number of anilines is 1. The summed E-state index contributed by atoms with van der Waals surface area (Å²) in [5.41, 5.74) is 3.52. The van der Waals surface area contributed by atoms with E-state index in [-0.39, 0.29) is 11.8 Å². The lowest BCUT2D eigenvalue weighted by molar-refractivity contribution is -0.143. The van der Waals surface area contributed by atoms with Crippen molar-refractivity contribution < 1.29 is 9.59 Å². The Labute approximate surface area is 173 Å². The number of benzene rings is 2. The number of hydrogen-bond acceptors (Lipinski definition) is 2. The van der Waals surface area contributed by atoms with Gasteiger partial charge in [-0.25, -0.2) is 0 Å². The first-order valence-corrected chi connectivity index (χ1v) is 10.7. The molecule has 2 aromatic rings. The molecule has 152 valence electrons. The fourth-order valence-corrected chi connectivity index (χ4v) is 4.45. The number of carbonyl (C=O) groups excluding carboxylic acids is 2. The Bertz CT molecular complexity index is 894. The zero-order chi connectivity index (χ0) is 20.4. The first-order valence-electron chi connectivity index (χ1n) is 10.7. The number of likely N-dealkylation sites (tertiary alicyclic amines) is 1. The van der Waals surface area contributed by atoms with Gasteiger partial charge in [0.1, 0.15) is 5.41 Å². The lowest BCUT2D eigenvalue weighted by Crippen LogP contribution is -2.46. The van der Waals surface area contributed by atoms with Crippen molar-refractivity contribution in [1.82, 2.24) is 4.90 Å². The summed E-state index contributed by atoms with van der Waals surface area (Å²) in [6, 6.07) is 16.5. The number of carbonyl (C=O) groups is 2. The summed E-state index contributed by atoms with van der Waals surface area (Å²) < 4.78 is 0. The van der Waals surface area contributed by atoms with E-state index in [4.69, 9.17) is 0 Å². The van der Waals surface area contributed by atoms with E-state index in [1.165, 1.54) is 5.56 Å². The van der Waals surface area contributed by atoms with E-state index in [0.717, 1.165) is 49.2 Å². The van der Waals surface area contributed by atoms with Gasteiger partial charge in [0, 0.05) is 18.8 Å². The lowest BCUT2D eigenvalue weighted by Gasteiger charge is -2.34. The van der Waals surface area contributed by atoms with E-state index in [9.17, 15) is 9.59 Å². The molecule has 0 unspecified atom stereocenters. The SMILES string of the molecule is Cc1ccc(NC(=O)C2(C(=O)N3CCC(Cc4ccccc4)CC3)CC2)c(C)c1. The number of rotatable bonds is 5. The zero-order valence-electron chi connectivity index (χ0n) is 17.4. The molecule has 2 fully saturated rings. The topological polar surface area (TPSA) is 49.4 Å². The molecular formula is C25H30N2O2. The highest BCUT2D eigenvalue weighted by atomic mass is 16.2. The van der Waals surface area contributed by atoms with E-state index in [1.54, 1.807) is 0 Å². The number of nitrogens with one attached hydrogen (secondary N) is 1. The molecule has 0 atom stereocenters. The number of nitrogens with zero attached hydrogens (tertiary/aromatic N) is 1. The van der Waals surface area contributed by atoms with Gasteiger partial charge in [0.25, 0.3) is 0 Å². The van der Waals surface area contributed by atoms with Crippen LogP contribution in [-0.2, 0) is 16.0 Å². The lowest BCUT2D eigenvalue weighted by atomic mass is 9.89. The molecule has 2 aromatic carbocycles. The summed E-state index contributed by atoms with van der Waals surface area (Å²) in [6.07, 6.45) is 4.41. The fourth-order valence-electron chi connectivity index (χ4n) is 4.45. The molecular weight excluding hydrogens is 360 g/mol. The standard InChI is InChI=1S/C25H30N2O2/c1-18-8-9-22(19(2)16-18)26-23(28)25(12-13-25)24(29)27-14-10-21(11-15-27)17-20-6-4-3-5-7-20/h3-9,16,21H,10-15,17H2,1-2H3,(H,26,28). The maximum Gasteiger partial charge on any atom is 0.240 e. The Morgan fingerprint density at radius 3 is 2.34 bits per heavy atom. The molecule has 1 heterocycles. The molecule has 4 rings (SSSR count). The summed E-state index contributed by atoms with van der Waals surface area (Å²) >= 11 is 0. The third-order valence-electron chi connectivity index (χ3n) is 6.49. The molecule has 0 radical (unpaired) electrons. The highest BCUT2D eigenvalue weighted by Gasteiger charge is 2.58. The van der Waals surface area contributed by atoms with E-state index in [1.807, 2.05) is 36.9 Å². The van der Waals surface area contributed by atoms with Crippen LogP contribution in [0.15, 0.2) is 48.5 Å². The number of hydrogen-bond donors (Lipinski definition) is 1. The quantitative estimate of drug-likeness (QED) is 0.764. The van der Waals surface area contributed by atoms with E-state index < -0.39 is 5.41 Å². The minimum atomic E-state index is -0.844. The zero-order valence-corrected chi connectivity index (χ0v) is 17.4. The van der Waals surface area contributed by atoms with Gasteiger partial charge in [0.05, 0.1) is 0 Å². The predicted molar refractivity (Wildman–Crippen MR) is 116 cm³/mol. The van der Waals surface area contributed by atoms with Crippen LogP contribution in [0.25, 0.3) is 0 Å². The average molecular weight is 391 g/mol. The Balaban J connectivity index is 1.35. The Hall–Kier alpha value is -2.62. The van der Waals surface area contributed by atoms with Crippen LogP contribution in [0, 0.1) is 25.2 Å². The summed E-state index contributed by atoms with van der Waals surface area (Å²) in [4.78, 5) is 28.1. The maximum absolute atomic E-state index is 13.2. The molecule has 2 aliphatic rings. The number of amides is 2. The first kappa shape index (κ1) is 19.7. The van der Waals surface area contributed by atoms with Crippen molar-refractivity contribution in [2.75, 3.05) is 18.4 Å². The molecule has 29 heavy (non-hydrogen) atoms. The van der Waals surface area contributed by atoms with E-state index >= 15 is 0 Å².